The lowest BCUT2D eigenvalue weighted by Gasteiger charge is -2.38. The quantitative estimate of drug-likeness (QED) is 0.0945. The molecule has 0 radical (unpaired) electrons. The molecule has 3 amide bonds. The van der Waals surface area contributed by atoms with E-state index in [1.165, 1.54) is 7.11 Å². The molecule has 0 spiro atoms. The van der Waals surface area contributed by atoms with Gasteiger partial charge in [-0.25, -0.2) is 4.98 Å². The van der Waals surface area contributed by atoms with E-state index in [4.69, 9.17) is 37.4 Å². The van der Waals surface area contributed by atoms with E-state index in [2.05, 4.69) is 31.5 Å². The van der Waals surface area contributed by atoms with Crippen LogP contribution in [-0.4, -0.2) is 151 Å². The highest BCUT2D eigenvalue weighted by molar-refractivity contribution is 6.31. The molecule has 4 aromatic carbocycles. The number of hydrogen-bond acceptors (Lipinski definition) is 10. The van der Waals surface area contributed by atoms with Crippen molar-refractivity contribution >= 4 is 59.1 Å². The fourth-order valence-corrected chi connectivity index (χ4v) is 11.3. The van der Waals surface area contributed by atoms with Crippen LogP contribution in [0, 0.1) is 11.8 Å². The molecule has 402 valence electrons. The summed E-state index contributed by atoms with van der Waals surface area (Å²) in [4.78, 5) is 75.6. The summed E-state index contributed by atoms with van der Waals surface area (Å²) in [6, 6.07) is 27.3. The molecule has 3 aliphatic rings. The Balaban J connectivity index is 0.00000820. The number of aromatic nitrogens is 2. The number of hydrogen-bond donors (Lipinski definition) is 0. The fourth-order valence-electron chi connectivity index (χ4n) is 11.0. The van der Waals surface area contributed by atoms with Crippen molar-refractivity contribution < 1.29 is 33.4 Å². The number of methoxy groups -OCH3 is 1. The Morgan fingerprint density at radius 3 is 2.28 bits per heavy atom. The molecule has 5 aromatic rings. The number of carbonyl (C=O) groups excluding carboxylic acids is 4. The summed E-state index contributed by atoms with van der Waals surface area (Å²) in [5, 5.41) is 1.02. The summed E-state index contributed by atoms with van der Waals surface area (Å²) in [5.41, 5.74) is 5.71. The van der Waals surface area contributed by atoms with Crippen LogP contribution in [0.4, 0.5) is 0 Å². The number of benzene rings is 4. The zero-order valence-corrected chi connectivity index (χ0v) is 46.4. The van der Waals surface area contributed by atoms with Gasteiger partial charge in [-0.2, -0.15) is 0 Å². The lowest BCUT2D eigenvalue weighted by Crippen LogP contribution is -2.53. The average molecular weight is 1090 g/mol. The summed E-state index contributed by atoms with van der Waals surface area (Å²) in [6.07, 6.45) is 4.39. The first-order valence-electron chi connectivity index (χ1n) is 25.8. The van der Waals surface area contributed by atoms with Crippen LogP contribution < -0.4 is 4.74 Å². The third kappa shape index (κ3) is 14.4. The van der Waals surface area contributed by atoms with Gasteiger partial charge in [0.15, 0.2) is 5.78 Å². The maximum atomic E-state index is 15.8. The topological polar surface area (TPSA) is 130 Å². The number of nitrogens with zero attached hydrogens (tertiary/aromatic N) is 7. The van der Waals surface area contributed by atoms with Gasteiger partial charge in [-0.3, -0.25) is 24.1 Å². The number of likely N-dealkylation sites (N-methyl/N-ethyl adjacent to an activating group) is 2. The SMILES string of the molecule is COC[C@@H]1CC(=O)[C@H](CCCN2CCOCC2)N(Cc2ccc(Cl)cc2Oc2ccc(-c3cnc(CN(C)C)n3C)cc2)C(=O)C[C@@H]([C@H]2CCc3ccccc32)C(=O)N(C)C[C@@H](Cc2ccc(Cl)cc2)N(C)C1=O.Cl. The first kappa shape index (κ1) is 57.4. The Labute approximate surface area is 458 Å². The molecule has 1 aromatic heterocycles. The Hall–Kier alpha value is -5.32. The van der Waals surface area contributed by atoms with Crippen LogP contribution >= 0.6 is 35.6 Å². The molecule has 2 saturated heterocycles. The largest absolute Gasteiger partial charge is 0.457 e. The van der Waals surface area contributed by atoms with E-state index in [9.17, 15) is 4.79 Å². The molecule has 17 heteroatoms. The van der Waals surface area contributed by atoms with E-state index in [1.807, 2.05) is 94.1 Å². The molecule has 8 rings (SSSR count). The molecule has 0 unspecified atom stereocenters. The number of amides is 3. The van der Waals surface area contributed by atoms with Gasteiger partial charge in [-0.15, -0.1) is 12.4 Å². The molecule has 0 N–H and O–H groups in total. The van der Waals surface area contributed by atoms with Crippen molar-refractivity contribution in [2.24, 2.45) is 18.9 Å². The number of aryl methyl sites for hydroxylation is 1. The Kier molecular flexibility index (Phi) is 20.4. The third-order valence-electron chi connectivity index (χ3n) is 15.1. The number of halogens is 3. The Bertz CT molecular complexity index is 2730. The number of carbonyl (C=O) groups is 4. The number of morpholine rings is 1. The number of ketones is 1. The highest BCUT2D eigenvalue weighted by Gasteiger charge is 2.42. The second kappa shape index (κ2) is 26.6. The second-order valence-electron chi connectivity index (χ2n) is 20.5. The van der Waals surface area contributed by atoms with Gasteiger partial charge in [0.1, 0.15) is 17.3 Å². The first-order chi connectivity index (χ1) is 35.7. The van der Waals surface area contributed by atoms with Crippen molar-refractivity contribution in [2.45, 2.75) is 76.0 Å². The number of Topliss-reactive ketones (excluding diaryl/α,β-unsaturated/α-hetero) is 1. The molecule has 2 aliphatic heterocycles. The van der Waals surface area contributed by atoms with Gasteiger partial charge in [0.2, 0.25) is 17.7 Å². The summed E-state index contributed by atoms with van der Waals surface area (Å²) in [7, 11) is 11.1. The maximum absolute atomic E-state index is 15.8. The van der Waals surface area contributed by atoms with E-state index >= 15 is 14.4 Å². The lowest BCUT2D eigenvalue weighted by molar-refractivity contribution is -0.149. The molecular formula is C58H72Cl3N7O7. The first-order valence-corrected chi connectivity index (χ1v) is 26.6. The lowest BCUT2D eigenvalue weighted by atomic mass is 9.83. The van der Waals surface area contributed by atoms with Crippen LogP contribution in [-0.2, 0) is 61.6 Å². The fraction of sp³-hybridized carbons (Fsp3) is 0.466. The molecule has 5 atom stereocenters. The van der Waals surface area contributed by atoms with Crippen molar-refractivity contribution in [2.75, 3.05) is 81.3 Å². The van der Waals surface area contributed by atoms with Crippen LogP contribution in [0.3, 0.4) is 0 Å². The molecule has 1 aliphatic carbocycles. The maximum Gasteiger partial charge on any atom is 0.228 e. The van der Waals surface area contributed by atoms with Crippen LogP contribution in [0.1, 0.15) is 66.1 Å². The smallest absolute Gasteiger partial charge is 0.228 e. The summed E-state index contributed by atoms with van der Waals surface area (Å²) in [6.45, 7) is 4.32. The second-order valence-corrected chi connectivity index (χ2v) is 21.4. The molecule has 0 saturated carbocycles. The van der Waals surface area contributed by atoms with Crippen molar-refractivity contribution in [3.05, 3.63) is 135 Å². The van der Waals surface area contributed by atoms with Crippen molar-refractivity contribution in [1.29, 1.82) is 0 Å². The third-order valence-corrected chi connectivity index (χ3v) is 15.6. The van der Waals surface area contributed by atoms with Gasteiger partial charge in [-0.1, -0.05) is 65.7 Å². The van der Waals surface area contributed by atoms with Crippen molar-refractivity contribution in [1.82, 2.24) is 34.1 Å². The van der Waals surface area contributed by atoms with Gasteiger partial charge in [0.05, 0.1) is 68.7 Å². The van der Waals surface area contributed by atoms with Gasteiger partial charge in [-0.05, 0) is 124 Å². The average Bonchev–Trinajstić information content (AvgIpc) is 3.99. The highest BCUT2D eigenvalue weighted by atomic mass is 35.5. The monoisotopic (exact) mass is 1080 g/mol. The number of ether oxygens (including phenoxy) is 3. The standard InChI is InChI=1S/C58H71Cl2N7O7.ClH/c1-62(2)37-55-61-34-52(65(55)5)41-16-22-47(23-17-41)74-54-32-45(60)21-15-42(54)35-67-51(12-9-25-66-26-28-73-29-27-66)53(68)31-43(38-72-6)57(70)64(4)46(30-39-13-19-44(59)20-14-39)36-63(3)58(71)50(33-56(67)69)49-24-18-40-10-7-8-11-48(40)49;/h7-8,10-11,13-17,19-23,32,34,43,46,49-51H,9,12,18,24-31,33,35-38H2,1-6H3;1H/t43-,46+,49-,50-,51-;/m0./s1. The summed E-state index contributed by atoms with van der Waals surface area (Å²) in [5.74, 6) is -1.02. The summed E-state index contributed by atoms with van der Waals surface area (Å²) >= 11 is 13.0. The van der Waals surface area contributed by atoms with Crippen LogP contribution in [0.5, 0.6) is 11.5 Å². The highest BCUT2D eigenvalue weighted by Crippen LogP contribution is 2.42. The van der Waals surface area contributed by atoms with Gasteiger partial charge >= 0.3 is 0 Å². The van der Waals surface area contributed by atoms with E-state index < -0.39 is 23.9 Å². The van der Waals surface area contributed by atoms with Crippen molar-refractivity contribution in [3.63, 3.8) is 0 Å². The zero-order chi connectivity index (χ0) is 52.5. The molecule has 14 nitrogen and oxygen atoms in total. The van der Waals surface area contributed by atoms with Gasteiger partial charge in [0, 0.05) is 81.9 Å². The van der Waals surface area contributed by atoms with E-state index in [1.54, 1.807) is 40.9 Å². The zero-order valence-electron chi connectivity index (χ0n) is 44.1. The molecule has 2 fully saturated rings. The minimum atomic E-state index is -0.961. The minimum absolute atomic E-state index is 0. The van der Waals surface area contributed by atoms with Crippen molar-refractivity contribution in [3.8, 4) is 22.8 Å². The summed E-state index contributed by atoms with van der Waals surface area (Å²) < 4.78 is 20.1. The number of imidazole rings is 1. The number of fused-ring (bicyclic) bond motifs is 1. The predicted octanol–water partition coefficient (Wildman–Crippen LogP) is 8.98. The molecular weight excluding hydrogens is 1010 g/mol. The van der Waals surface area contributed by atoms with E-state index in [0.29, 0.717) is 79.1 Å². The number of rotatable bonds is 16. The van der Waals surface area contributed by atoms with Crippen LogP contribution in [0.25, 0.3) is 11.3 Å². The molecule has 0 bridgehead atoms. The predicted molar refractivity (Wildman–Crippen MR) is 296 cm³/mol. The van der Waals surface area contributed by atoms with Gasteiger partial charge < -0.3 is 38.4 Å². The minimum Gasteiger partial charge on any atom is -0.457 e. The van der Waals surface area contributed by atoms with Gasteiger partial charge in [0.25, 0.3) is 0 Å². The van der Waals surface area contributed by atoms with Crippen LogP contribution in [0.15, 0.2) is 97.2 Å². The Morgan fingerprint density at radius 1 is 0.840 bits per heavy atom. The normalized spacial score (nSPS) is 21.3. The van der Waals surface area contributed by atoms with E-state index in [-0.39, 0.29) is 74.4 Å². The van der Waals surface area contributed by atoms with E-state index in [0.717, 1.165) is 53.3 Å². The molecule has 75 heavy (non-hydrogen) atoms. The van der Waals surface area contributed by atoms with Crippen LogP contribution in [0.2, 0.25) is 10.0 Å². The molecule has 3 heterocycles. The Morgan fingerprint density at radius 2 is 1.56 bits per heavy atom.